The van der Waals surface area contributed by atoms with Gasteiger partial charge in [-0.15, -0.1) is 0 Å². The van der Waals surface area contributed by atoms with Crippen LogP contribution >= 0.6 is 11.6 Å². The Hall–Kier alpha value is -1.38. The third-order valence-corrected chi connectivity index (χ3v) is 3.88. The van der Waals surface area contributed by atoms with E-state index in [0.29, 0.717) is 23.0 Å². The highest BCUT2D eigenvalue weighted by Crippen LogP contribution is 2.31. The van der Waals surface area contributed by atoms with E-state index in [9.17, 15) is 4.39 Å². The fourth-order valence-electron chi connectivity index (χ4n) is 2.36. The molecule has 0 radical (unpaired) electrons. The van der Waals surface area contributed by atoms with E-state index in [1.165, 1.54) is 6.07 Å². The summed E-state index contributed by atoms with van der Waals surface area (Å²) in [6.45, 7) is 4.69. The predicted molar refractivity (Wildman–Crippen MR) is 83.7 cm³/mol. The summed E-state index contributed by atoms with van der Waals surface area (Å²) >= 11 is 6.03. The van der Waals surface area contributed by atoms with Crippen LogP contribution in [0.3, 0.4) is 0 Å². The van der Waals surface area contributed by atoms with E-state index in [4.69, 9.17) is 17.3 Å². The summed E-state index contributed by atoms with van der Waals surface area (Å²) in [5, 5.41) is 0.616. The molecule has 0 aliphatic heterocycles. The highest BCUT2D eigenvalue weighted by molar-refractivity contribution is 6.30. The van der Waals surface area contributed by atoms with Crippen LogP contribution in [-0.2, 0) is 0 Å². The van der Waals surface area contributed by atoms with Gasteiger partial charge in [0.25, 0.3) is 0 Å². The Bertz CT molecular complexity index is 610. The highest BCUT2D eigenvalue weighted by Gasteiger charge is 2.12. The van der Waals surface area contributed by atoms with Crippen LogP contribution in [0.4, 0.5) is 4.39 Å². The minimum atomic E-state index is -0.223. The summed E-state index contributed by atoms with van der Waals surface area (Å²) in [7, 11) is 0. The van der Waals surface area contributed by atoms with Crippen molar-refractivity contribution in [1.29, 1.82) is 0 Å². The van der Waals surface area contributed by atoms with Gasteiger partial charge in [-0.1, -0.05) is 30.7 Å². The van der Waals surface area contributed by atoms with Crippen LogP contribution in [0.15, 0.2) is 36.4 Å². The predicted octanol–water partition coefficient (Wildman–Crippen LogP) is 4.91. The zero-order chi connectivity index (χ0) is 14.7. The highest BCUT2D eigenvalue weighted by atomic mass is 35.5. The van der Waals surface area contributed by atoms with Crippen molar-refractivity contribution in [3.63, 3.8) is 0 Å². The molecule has 0 bridgehead atoms. The fraction of sp³-hybridized carbons (Fsp3) is 0.294. The van der Waals surface area contributed by atoms with Gasteiger partial charge in [0.15, 0.2) is 0 Å². The Kier molecular flexibility index (Phi) is 4.79. The van der Waals surface area contributed by atoms with Crippen molar-refractivity contribution < 1.29 is 4.39 Å². The number of nitrogens with two attached hydrogens (primary N) is 1. The van der Waals surface area contributed by atoms with Gasteiger partial charge in [-0.2, -0.15) is 0 Å². The van der Waals surface area contributed by atoms with Gasteiger partial charge in [0.05, 0.1) is 0 Å². The van der Waals surface area contributed by atoms with Crippen molar-refractivity contribution in [3.8, 4) is 11.1 Å². The molecule has 106 valence electrons. The number of halogens is 2. The standard InChI is InChI=1S/C17H19ClFN/c1-11(7-8-20)13-4-6-17(19)16(9-13)15-10-14(18)5-3-12(15)2/h3-6,9-11H,7-8,20H2,1-2H3. The molecule has 0 spiro atoms. The molecule has 0 saturated heterocycles. The molecule has 3 heteroatoms. The van der Waals surface area contributed by atoms with E-state index in [1.807, 2.05) is 37.3 Å². The van der Waals surface area contributed by atoms with Crippen molar-refractivity contribution in [2.75, 3.05) is 6.54 Å². The average molecular weight is 292 g/mol. The molecule has 1 nitrogen and oxygen atoms in total. The first kappa shape index (κ1) is 15.0. The van der Waals surface area contributed by atoms with Gasteiger partial charge < -0.3 is 5.73 Å². The molecule has 0 heterocycles. The van der Waals surface area contributed by atoms with Crippen LogP contribution in [0, 0.1) is 12.7 Å². The van der Waals surface area contributed by atoms with Crippen molar-refractivity contribution in [3.05, 3.63) is 58.4 Å². The minimum absolute atomic E-state index is 0.223. The molecule has 0 amide bonds. The summed E-state index contributed by atoms with van der Waals surface area (Å²) < 4.78 is 14.1. The van der Waals surface area contributed by atoms with E-state index < -0.39 is 0 Å². The number of hydrogen-bond donors (Lipinski definition) is 1. The Morgan fingerprint density at radius 2 is 1.90 bits per heavy atom. The molecular weight excluding hydrogens is 273 g/mol. The lowest BCUT2D eigenvalue weighted by Crippen LogP contribution is -2.05. The molecule has 0 aliphatic carbocycles. The minimum Gasteiger partial charge on any atom is -0.330 e. The van der Waals surface area contributed by atoms with Crippen LogP contribution in [0.2, 0.25) is 5.02 Å². The van der Waals surface area contributed by atoms with Gasteiger partial charge in [0, 0.05) is 10.6 Å². The van der Waals surface area contributed by atoms with Gasteiger partial charge >= 0.3 is 0 Å². The third kappa shape index (κ3) is 3.20. The molecule has 0 saturated carbocycles. The zero-order valence-corrected chi connectivity index (χ0v) is 12.5. The Morgan fingerprint density at radius 1 is 1.15 bits per heavy atom. The van der Waals surface area contributed by atoms with E-state index >= 15 is 0 Å². The van der Waals surface area contributed by atoms with E-state index in [1.54, 1.807) is 0 Å². The molecule has 0 fully saturated rings. The van der Waals surface area contributed by atoms with Gasteiger partial charge in [0.2, 0.25) is 0 Å². The second-order valence-corrected chi connectivity index (χ2v) is 5.61. The quantitative estimate of drug-likeness (QED) is 0.851. The normalized spacial score (nSPS) is 12.4. The molecule has 0 aromatic heterocycles. The maximum absolute atomic E-state index is 14.1. The van der Waals surface area contributed by atoms with Gasteiger partial charge in [-0.25, -0.2) is 4.39 Å². The molecule has 1 atom stereocenters. The second-order valence-electron chi connectivity index (χ2n) is 5.18. The van der Waals surface area contributed by atoms with E-state index in [-0.39, 0.29) is 5.82 Å². The smallest absolute Gasteiger partial charge is 0.131 e. The summed E-state index contributed by atoms with van der Waals surface area (Å²) in [6.07, 6.45) is 0.888. The molecule has 1 unspecified atom stereocenters. The molecule has 2 aromatic rings. The van der Waals surface area contributed by atoms with E-state index in [0.717, 1.165) is 23.1 Å². The first-order valence-corrected chi connectivity index (χ1v) is 7.16. The van der Waals surface area contributed by atoms with Gasteiger partial charge in [-0.3, -0.25) is 0 Å². The van der Waals surface area contributed by atoms with Crippen LogP contribution in [0.5, 0.6) is 0 Å². The fourth-order valence-corrected chi connectivity index (χ4v) is 2.53. The SMILES string of the molecule is Cc1ccc(Cl)cc1-c1cc(C(C)CCN)ccc1F. The van der Waals surface area contributed by atoms with Crippen LogP contribution in [0.25, 0.3) is 11.1 Å². The summed E-state index contributed by atoms with van der Waals surface area (Å²) in [4.78, 5) is 0. The second kappa shape index (κ2) is 6.38. The largest absolute Gasteiger partial charge is 0.330 e. The molecular formula is C17H19ClFN. The van der Waals surface area contributed by atoms with Crippen LogP contribution in [0.1, 0.15) is 30.4 Å². The first-order chi connectivity index (χ1) is 9.52. The van der Waals surface area contributed by atoms with Crippen LogP contribution < -0.4 is 5.73 Å². The number of hydrogen-bond acceptors (Lipinski definition) is 1. The molecule has 20 heavy (non-hydrogen) atoms. The maximum Gasteiger partial charge on any atom is 0.131 e. The van der Waals surface area contributed by atoms with Gasteiger partial charge in [-0.05, 0) is 66.8 Å². The zero-order valence-electron chi connectivity index (χ0n) is 11.8. The molecule has 2 rings (SSSR count). The maximum atomic E-state index is 14.1. The lowest BCUT2D eigenvalue weighted by atomic mass is 9.92. The Morgan fingerprint density at radius 3 is 2.60 bits per heavy atom. The topological polar surface area (TPSA) is 26.0 Å². The monoisotopic (exact) mass is 291 g/mol. The summed E-state index contributed by atoms with van der Waals surface area (Å²) in [6, 6.07) is 10.8. The number of benzene rings is 2. The Balaban J connectivity index is 2.50. The van der Waals surface area contributed by atoms with Crippen molar-refractivity contribution in [2.45, 2.75) is 26.2 Å². The van der Waals surface area contributed by atoms with Crippen molar-refractivity contribution in [2.24, 2.45) is 5.73 Å². The van der Waals surface area contributed by atoms with Crippen molar-refractivity contribution >= 4 is 11.6 Å². The molecule has 0 aliphatic rings. The number of aryl methyl sites for hydroxylation is 1. The lowest BCUT2D eigenvalue weighted by Gasteiger charge is -2.14. The first-order valence-electron chi connectivity index (χ1n) is 6.79. The van der Waals surface area contributed by atoms with Gasteiger partial charge in [0.1, 0.15) is 5.82 Å². The Labute approximate surface area is 124 Å². The average Bonchev–Trinajstić information content (AvgIpc) is 2.42. The van der Waals surface area contributed by atoms with E-state index in [2.05, 4.69) is 6.92 Å². The molecule has 2 N–H and O–H groups in total. The third-order valence-electron chi connectivity index (χ3n) is 3.65. The lowest BCUT2D eigenvalue weighted by molar-refractivity contribution is 0.627. The van der Waals surface area contributed by atoms with Crippen molar-refractivity contribution in [1.82, 2.24) is 0 Å². The van der Waals surface area contributed by atoms with Crippen LogP contribution in [-0.4, -0.2) is 6.54 Å². The summed E-state index contributed by atoms with van der Waals surface area (Å²) in [5.41, 5.74) is 9.16. The molecule has 2 aromatic carbocycles. The number of rotatable bonds is 4. The summed E-state index contributed by atoms with van der Waals surface area (Å²) in [5.74, 6) is 0.0953.